The molecule has 0 unspecified atom stereocenters. The van der Waals surface area contributed by atoms with Crippen molar-refractivity contribution in [2.45, 2.75) is 0 Å². The lowest BCUT2D eigenvalue weighted by molar-refractivity contribution is 0.0952. The third-order valence-corrected chi connectivity index (χ3v) is 3.70. The predicted octanol–water partition coefficient (Wildman–Crippen LogP) is 3.02. The van der Waals surface area contributed by atoms with E-state index in [0.29, 0.717) is 16.9 Å². The number of fused-ring (bicyclic) bond motifs is 1. The van der Waals surface area contributed by atoms with Gasteiger partial charge >= 0.3 is 0 Å². The summed E-state index contributed by atoms with van der Waals surface area (Å²) in [6.07, 6.45) is 1.29. The second-order valence-corrected chi connectivity index (χ2v) is 5.34. The van der Waals surface area contributed by atoms with E-state index in [-0.39, 0.29) is 11.5 Å². The molecule has 0 bridgehead atoms. The van der Waals surface area contributed by atoms with E-state index in [2.05, 4.69) is 10.5 Å². The van der Waals surface area contributed by atoms with Crippen molar-refractivity contribution in [3.63, 3.8) is 0 Å². The number of rotatable bonds is 4. The summed E-state index contributed by atoms with van der Waals surface area (Å²) >= 11 is 0. The van der Waals surface area contributed by atoms with Gasteiger partial charge in [0.15, 0.2) is 0 Å². The Morgan fingerprint density at radius 3 is 2.48 bits per heavy atom. The molecule has 6 nitrogen and oxygen atoms in total. The van der Waals surface area contributed by atoms with Gasteiger partial charge in [-0.05, 0) is 35.0 Å². The van der Waals surface area contributed by atoms with Crippen LogP contribution in [-0.2, 0) is 0 Å². The zero-order valence-electron chi connectivity index (χ0n) is 13.4. The maximum absolute atomic E-state index is 12.4. The van der Waals surface area contributed by atoms with Crippen molar-refractivity contribution in [1.29, 1.82) is 0 Å². The quantitative estimate of drug-likeness (QED) is 0.504. The summed E-state index contributed by atoms with van der Waals surface area (Å²) in [4.78, 5) is 12.4. The highest BCUT2D eigenvalue weighted by Crippen LogP contribution is 2.26. The molecule has 0 aliphatic carbocycles. The number of methoxy groups -OCH3 is 1. The Bertz CT molecular complexity index is 967. The van der Waals surface area contributed by atoms with Gasteiger partial charge in [-0.2, -0.15) is 5.10 Å². The molecule has 3 N–H and O–H groups in total. The summed E-state index contributed by atoms with van der Waals surface area (Å²) in [5.74, 6) is -0.183. The van der Waals surface area contributed by atoms with Crippen LogP contribution >= 0.6 is 0 Å². The average molecular weight is 336 g/mol. The molecular formula is C19H16N2O4. The Morgan fingerprint density at radius 2 is 1.80 bits per heavy atom. The number of carbonyl (C=O) groups excluding carboxylic acids is 1. The molecule has 0 radical (unpaired) electrons. The Hall–Kier alpha value is -3.54. The molecular weight excluding hydrogens is 320 g/mol. The summed E-state index contributed by atoms with van der Waals surface area (Å²) in [5, 5.41) is 24.7. The number of ether oxygens (including phenoxy) is 1. The van der Waals surface area contributed by atoms with Crippen LogP contribution in [0.1, 0.15) is 15.9 Å². The van der Waals surface area contributed by atoms with Gasteiger partial charge in [-0.15, -0.1) is 0 Å². The normalized spacial score (nSPS) is 10.9. The van der Waals surface area contributed by atoms with E-state index in [4.69, 9.17) is 4.74 Å². The lowest BCUT2D eigenvalue weighted by atomic mass is 10.1. The number of benzene rings is 3. The molecule has 0 fully saturated rings. The van der Waals surface area contributed by atoms with E-state index in [1.165, 1.54) is 31.5 Å². The lowest BCUT2D eigenvalue weighted by Gasteiger charge is -2.09. The second-order valence-electron chi connectivity index (χ2n) is 5.34. The number of nitrogens with one attached hydrogen (secondary N) is 1. The first-order chi connectivity index (χ1) is 12.1. The second kappa shape index (κ2) is 6.92. The number of phenolic OH excluding ortho intramolecular Hbond substituents is 2. The Kier molecular flexibility index (Phi) is 4.52. The standard InChI is InChI=1S/C19H16N2O4/c1-25-18-9-13-5-3-2-4-12(13)8-16(18)19(24)21-20-11-14-6-7-15(22)10-17(14)23/h2-11,22-23H,1H3,(H,21,24)/b20-11+. The molecule has 3 rings (SSSR count). The zero-order valence-corrected chi connectivity index (χ0v) is 13.4. The van der Waals surface area contributed by atoms with E-state index < -0.39 is 5.91 Å². The summed E-state index contributed by atoms with van der Waals surface area (Å²) in [7, 11) is 1.50. The summed E-state index contributed by atoms with van der Waals surface area (Å²) in [5.41, 5.74) is 3.12. The molecule has 0 aliphatic heterocycles. The highest BCUT2D eigenvalue weighted by atomic mass is 16.5. The largest absolute Gasteiger partial charge is 0.508 e. The van der Waals surface area contributed by atoms with Crippen molar-refractivity contribution in [2.24, 2.45) is 5.10 Å². The number of hydrazone groups is 1. The van der Waals surface area contributed by atoms with Crippen LogP contribution in [0.2, 0.25) is 0 Å². The van der Waals surface area contributed by atoms with Gasteiger partial charge in [0.2, 0.25) is 0 Å². The zero-order chi connectivity index (χ0) is 17.8. The smallest absolute Gasteiger partial charge is 0.275 e. The number of hydrogen-bond donors (Lipinski definition) is 3. The van der Waals surface area contributed by atoms with E-state index >= 15 is 0 Å². The van der Waals surface area contributed by atoms with Crippen LogP contribution in [0.25, 0.3) is 10.8 Å². The van der Waals surface area contributed by atoms with Crippen molar-refractivity contribution in [3.05, 3.63) is 65.7 Å². The molecule has 1 amide bonds. The highest BCUT2D eigenvalue weighted by molar-refractivity contribution is 6.02. The topological polar surface area (TPSA) is 91.2 Å². The maximum Gasteiger partial charge on any atom is 0.275 e. The van der Waals surface area contributed by atoms with Crippen LogP contribution in [-0.4, -0.2) is 29.4 Å². The van der Waals surface area contributed by atoms with Gasteiger partial charge in [-0.25, -0.2) is 5.43 Å². The Labute approximate surface area is 144 Å². The minimum Gasteiger partial charge on any atom is -0.508 e. The minimum atomic E-state index is -0.433. The van der Waals surface area contributed by atoms with Gasteiger partial charge in [-0.3, -0.25) is 4.79 Å². The fraction of sp³-hybridized carbons (Fsp3) is 0.0526. The number of hydrogen-bond acceptors (Lipinski definition) is 5. The average Bonchev–Trinajstić information content (AvgIpc) is 2.62. The third-order valence-electron chi connectivity index (χ3n) is 3.70. The summed E-state index contributed by atoms with van der Waals surface area (Å²) in [6.45, 7) is 0. The van der Waals surface area contributed by atoms with Crippen molar-refractivity contribution in [2.75, 3.05) is 7.11 Å². The lowest BCUT2D eigenvalue weighted by Crippen LogP contribution is -2.18. The van der Waals surface area contributed by atoms with Crippen LogP contribution in [0.3, 0.4) is 0 Å². The molecule has 0 saturated carbocycles. The molecule has 0 aromatic heterocycles. The van der Waals surface area contributed by atoms with Crippen LogP contribution in [0, 0.1) is 0 Å². The Balaban J connectivity index is 1.83. The van der Waals surface area contributed by atoms with E-state index in [1.807, 2.05) is 24.3 Å². The van der Waals surface area contributed by atoms with Crippen molar-refractivity contribution >= 4 is 22.9 Å². The SMILES string of the molecule is COc1cc2ccccc2cc1C(=O)N/N=C/c1ccc(O)cc1O. The number of phenols is 2. The van der Waals surface area contributed by atoms with Gasteiger partial charge in [0, 0.05) is 11.6 Å². The van der Waals surface area contributed by atoms with Crippen LogP contribution in [0.15, 0.2) is 59.7 Å². The monoisotopic (exact) mass is 336 g/mol. The van der Waals surface area contributed by atoms with Gasteiger partial charge < -0.3 is 14.9 Å². The maximum atomic E-state index is 12.4. The van der Waals surface area contributed by atoms with E-state index in [9.17, 15) is 15.0 Å². The van der Waals surface area contributed by atoms with Crippen molar-refractivity contribution < 1.29 is 19.7 Å². The molecule has 126 valence electrons. The number of carbonyl (C=O) groups is 1. The first-order valence-corrected chi connectivity index (χ1v) is 7.50. The fourth-order valence-electron chi connectivity index (χ4n) is 2.43. The van der Waals surface area contributed by atoms with Crippen molar-refractivity contribution in [1.82, 2.24) is 5.43 Å². The van der Waals surface area contributed by atoms with Gasteiger partial charge in [-0.1, -0.05) is 24.3 Å². The molecule has 0 atom stereocenters. The molecule has 0 spiro atoms. The molecule has 0 aliphatic rings. The van der Waals surface area contributed by atoms with E-state index in [1.54, 1.807) is 12.1 Å². The fourth-order valence-corrected chi connectivity index (χ4v) is 2.43. The van der Waals surface area contributed by atoms with Crippen LogP contribution < -0.4 is 10.2 Å². The van der Waals surface area contributed by atoms with Crippen molar-refractivity contribution in [3.8, 4) is 17.2 Å². The molecule has 0 saturated heterocycles. The van der Waals surface area contributed by atoms with Crippen LogP contribution in [0.5, 0.6) is 17.2 Å². The summed E-state index contributed by atoms with van der Waals surface area (Å²) in [6, 6.07) is 15.3. The van der Waals surface area contributed by atoms with Gasteiger partial charge in [0.05, 0.1) is 18.9 Å². The molecule has 0 heterocycles. The predicted molar refractivity (Wildman–Crippen MR) is 95.3 cm³/mol. The highest BCUT2D eigenvalue weighted by Gasteiger charge is 2.13. The van der Waals surface area contributed by atoms with Gasteiger partial charge in [0.25, 0.3) is 5.91 Å². The Morgan fingerprint density at radius 1 is 1.08 bits per heavy atom. The number of amides is 1. The molecule has 25 heavy (non-hydrogen) atoms. The minimum absolute atomic E-state index is 0.0559. The van der Waals surface area contributed by atoms with Gasteiger partial charge in [0.1, 0.15) is 17.2 Å². The molecule has 3 aromatic rings. The molecule has 3 aromatic carbocycles. The molecule has 6 heteroatoms. The third kappa shape index (κ3) is 3.53. The summed E-state index contributed by atoms with van der Waals surface area (Å²) < 4.78 is 5.29. The van der Waals surface area contributed by atoms with Crippen LogP contribution in [0.4, 0.5) is 0 Å². The van der Waals surface area contributed by atoms with E-state index in [0.717, 1.165) is 10.8 Å². The number of nitrogens with zero attached hydrogens (tertiary/aromatic N) is 1. The first-order valence-electron chi connectivity index (χ1n) is 7.50. The first kappa shape index (κ1) is 16.3. The number of aromatic hydroxyl groups is 2.